The summed E-state index contributed by atoms with van der Waals surface area (Å²) in [5, 5.41) is 4.41. The largest absolute Gasteiger partial charge is 0.356 e. The number of hydrogen-bond donors (Lipinski definition) is 2. The minimum absolute atomic E-state index is 0.179. The Morgan fingerprint density at radius 1 is 1.25 bits per heavy atom. The van der Waals surface area contributed by atoms with E-state index in [0.29, 0.717) is 19.0 Å². The van der Waals surface area contributed by atoms with Crippen LogP contribution in [0.3, 0.4) is 0 Å². The summed E-state index contributed by atoms with van der Waals surface area (Å²) in [5.41, 5.74) is 8.28. The zero-order chi connectivity index (χ0) is 16.9. The molecule has 0 radical (unpaired) electrons. The maximum absolute atomic E-state index is 12.2. The quantitative estimate of drug-likeness (QED) is 0.799. The molecule has 130 valence electrons. The molecule has 4 heteroatoms. The second-order valence-electron chi connectivity index (χ2n) is 6.87. The number of hydrogen-bond acceptors (Lipinski definition) is 2. The van der Waals surface area contributed by atoms with Crippen LogP contribution in [0.2, 0.25) is 0 Å². The van der Waals surface area contributed by atoms with Crippen molar-refractivity contribution in [3.05, 3.63) is 36.0 Å². The Kier molecular flexibility index (Phi) is 5.56. The van der Waals surface area contributed by atoms with Gasteiger partial charge in [0.25, 0.3) is 0 Å². The molecular formula is C20H29N3O. The standard InChI is InChI=1S/C20H29N3O/c1-2-23-14-18(17-6-3-4-7-19(17)23)15-8-10-16(11-9-15)20(24)22-13-5-12-21/h3-4,6-7,14-16H,2,5,8-13,21H2,1H3,(H,22,24). The monoisotopic (exact) mass is 327 g/mol. The maximum Gasteiger partial charge on any atom is 0.223 e. The number of fused-ring (bicyclic) bond motifs is 1. The lowest BCUT2D eigenvalue weighted by molar-refractivity contribution is -0.126. The van der Waals surface area contributed by atoms with Crippen molar-refractivity contribution in [3.63, 3.8) is 0 Å². The summed E-state index contributed by atoms with van der Waals surface area (Å²) >= 11 is 0. The normalized spacial score (nSPS) is 21.1. The number of carbonyl (C=O) groups excluding carboxylic acids is 1. The van der Waals surface area contributed by atoms with Gasteiger partial charge in [-0.15, -0.1) is 0 Å². The number of aryl methyl sites for hydroxylation is 1. The highest BCUT2D eigenvalue weighted by atomic mass is 16.1. The first-order valence-electron chi connectivity index (χ1n) is 9.30. The molecule has 1 aliphatic rings. The predicted octanol–water partition coefficient (Wildman–Crippen LogP) is 3.40. The number of amides is 1. The summed E-state index contributed by atoms with van der Waals surface area (Å²) in [6.45, 7) is 4.53. The van der Waals surface area contributed by atoms with Crippen LogP contribution in [0.25, 0.3) is 10.9 Å². The average Bonchev–Trinajstić information content (AvgIpc) is 3.01. The van der Waals surface area contributed by atoms with Gasteiger partial charge in [0.1, 0.15) is 0 Å². The smallest absolute Gasteiger partial charge is 0.223 e. The van der Waals surface area contributed by atoms with E-state index < -0.39 is 0 Å². The molecule has 1 aromatic heterocycles. The van der Waals surface area contributed by atoms with Gasteiger partial charge in [-0.05, 0) is 63.1 Å². The summed E-state index contributed by atoms with van der Waals surface area (Å²) < 4.78 is 2.34. The van der Waals surface area contributed by atoms with Crippen molar-refractivity contribution in [1.29, 1.82) is 0 Å². The Morgan fingerprint density at radius 3 is 2.71 bits per heavy atom. The molecule has 3 N–H and O–H groups in total. The first kappa shape index (κ1) is 17.0. The van der Waals surface area contributed by atoms with Crippen LogP contribution in [0.1, 0.15) is 50.5 Å². The minimum Gasteiger partial charge on any atom is -0.356 e. The molecule has 4 nitrogen and oxygen atoms in total. The summed E-state index contributed by atoms with van der Waals surface area (Å²) in [7, 11) is 0. The van der Waals surface area contributed by atoms with Crippen LogP contribution < -0.4 is 11.1 Å². The van der Waals surface area contributed by atoms with E-state index in [9.17, 15) is 4.79 Å². The fraction of sp³-hybridized carbons (Fsp3) is 0.550. The number of carbonyl (C=O) groups is 1. The number of aromatic nitrogens is 1. The van der Waals surface area contributed by atoms with Gasteiger partial charge in [0.2, 0.25) is 5.91 Å². The number of nitrogens with one attached hydrogen (secondary N) is 1. The molecule has 3 rings (SSSR count). The molecule has 1 aliphatic carbocycles. The van der Waals surface area contributed by atoms with Crippen LogP contribution in [-0.4, -0.2) is 23.6 Å². The zero-order valence-corrected chi connectivity index (χ0v) is 14.6. The summed E-state index contributed by atoms with van der Waals surface area (Å²) in [6, 6.07) is 8.69. The van der Waals surface area contributed by atoms with Gasteiger partial charge >= 0.3 is 0 Å². The SMILES string of the molecule is CCn1cc(C2CCC(C(=O)NCCCN)CC2)c2ccccc21. The lowest BCUT2D eigenvalue weighted by Crippen LogP contribution is -2.34. The lowest BCUT2D eigenvalue weighted by Gasteiger charge is -2.27. The highest BCUT2D eigenvalue weighted by molar-refractivity contribution is 5.84. The molecule has 1 amide bonds. The highest BCUT2D eigenvalue weighted by Gasteiger charge is 2.28. The number of rotatable bonds is 6. The van der Waals surface area contributed by atoms with Gasteiger partial charge in [0.05, 0.1) is 0 Å². The molecule has 0 saturated heterocycles. The van der Waals surface area contributed by atoms with Crippen molar-refractivity contribution < 1.29 is 4.79 Å². The van der Waals surface area contributed by atoms with Gasteiger partial charge in [0.15, 0.2) is 0 Å². The van der Waals surface area contributed by atoms with Crippen molar-refractivity contribution in [2.45, 2.75) is 51.5 Å². The first-order chi connectivity index (χ1) is 11.7. The fourth-order valence-electron chi connectivity index (χ4n) is 3.99. The molecule has 0 atom stereocenters. The van der Waals surface area contributed by atoms with Gasteiger partial charge < -0.3 is 15.6 Å². The van der Waals surface area contributed by atoms with Gasteiger partial charge in [0, 0.05) is 36.1 Å². The van der Waals surface area contributed by atoms with E-state index in [4.69, 9.17) is 5.73 Å². The molecular weight excluding hydrogens is 298 g/mol. The van der Waals surface area contributed by atoms with Crippen molar-refractivity contribution in [3.8, 4) is 0 Å². The Hall–Kier alpha value is -1.81. The van der Waals surface area contributed by atoms with E-state index in [1.165, 1.54) is 16.5 Å². The molecule has 0 aliphatic heterocycles. The fourth-order valence-corrected chi connectivity index (χ4v) is 3.99. The van der Waals surface area contributed by atoms with E-state index in [0.717, 1.165) is 38.6 Å². The topological polar surface area (TPSA) is 60.0 Å². The third-order valence-corrected chi connectivity index (χ3v) is 5.38. The molecule has 0 unspecified atom stereocenters. The van der Waals surface area contributed by atoms with E-state index >= 15 is 0 Å². The molecule has 1 heterocycles. The molecule has 1 aromatic carbocycles. The Bertz CT molecular complexity index is 683. The third kappa shape index (κ3) is 3.48. The van der Waals surface area contributed by atoms with E-state index in [1.807, 2.05) is 0 Å². The minimum atomic E-state index is 0.179. The van der Waals surface area contributed by atoms with Crippen molar-refractivity contribution in [1.82, 2.24) is 9.88 Å². The molecule has 1 fully saturated rings. The molecule has 24 heavy (non-hydrogen) atoms. The molecule has 1 saturated carbocycles. The number of nitrogens with two attached hydrogens (primary N) is 1. The van der Waals surface area contributed by atoms with Crippen LogP contribution in [0, 0.1) is 5.92 Å². The van der Waals surface area contributed by atoms with E-state index in [2.05, 4.69) is 47.3 Å². The zero-order valence-electron chi connectivity index (χ0n) is 14.6. The highest BCUT2D eigenvalue weighted by Crippen LogP contribution is 2.39. The number of nitrogens with zero attached hydrogens (tertiary/aromatic N) is 1. The third-order valence-electron chi connectivity index (χ3n) is 5.38. The maximum atomic E-state index is 12.2. The number of para-hydroxylation sites is 1. The molecule has 2 aromatic rings. The van der Waals surface area contributed by atoms with Crippen LogP contribution in [0.5, 0.6) is 0 Å². The second kappa shape index (κ2) is 7.84. The van der Waals surface area contributed by atoms with Crippen molar-refractivity contribution in [2.24, 2.45) is 11.7 Å². The summed E-state index contributed by atoms with van der Waals surface area (Å²) in [5.74, 6) is 0.979. The van der Waals surface area contributed by atoms with Crippen LogP contribution in [-0.2, 0) is 11.3 Å². The van der Waals surface area contributed by atoms with Crippen LogP contribution >= 0.6 is 0 Å². The number of benzene rings is 1. The lowest BCUT2D eigenvalue weighted by atomic mass is 9.78. The molecule has 0 spiro atoms. The van der Waals surface area contributed by atoms with E-state index in [-0.39, 0.29) is 11.8 Å². The first-order valence-corrected chi connectivity index (χ1v) is 9.30. The van der Waals surface area contributed by atoms with Crippen LogP contribution in [0.4, 0.5) is 0 Å². The van der Waals surface area contributed by atoms with Gasteiger partial charge in [-0.2, -0.15) is 0 Å². The van der Waals surface area contributed by atoms with Gasteiger partial charge in [-0.1, -0.05) is 18.2 Å². The second-order valence-corrected chi connectivity index (χ2v) is 6.87. The average molecular weight is 327 g/mol. The Labute approximate surface area is 144 Å². The van der Waals surface area contributed by atoms with Gasteiger partial charge in [-0.25, -0.2) is 0 Å². The summed E-state index contributed by atoms with van der Waals surface area (Å²) in [4.78, 5) is 12.2. The van der Waals surface area contributed by atoms with Gasteiger partial charge in [-0.3, -0.25) is 4.79 Å². The molecule has 0 bridgehead atoms. The predicted molar refractivity (Wildman–Crippen MR) is 99.0 cm³/mol. The Morgan fingerprint density at radius 2 is 2.00 bits per heavy atom. The van der Waals surface area contributed by atoms with Crippen LogP contribution in [0.15, 0.2) is 30.5 Å². The van der Waals surface area contributed by atoms with E-state index in [1.54, 1.807) is 0 Å². The Balaban J connectivity index is 1.66. The van der Waals surface area contributed by atoms with Crippen molar-refractivity contribution in [2.75, 3.05) is 13.1 Å². The summed E-state index contributed by atoms with van der Waals surface area (Å²) in [6.07, 6.45) is 7.38. The van der Waals surface area contributed by atoms with Crippen molar-refractivity contribution >= 4 is 16.8 Å².